The van der Waals surface area contributed by atoms with E-state index in [1.807, 2.05) is 6.07 Å². The van der Waals surface area contributed by atoms with Gasteiger partial charge in [0.2, 0.25) is 10.0 Å². The Morgan fingerprint density at radius 1 is 1.15 bits per heavy atom. The number of fused-ring (bicyclic) bond motifs is 1. The number of pyridine rings is 1. The number of piperidine rings is 1. The van der Waals surface area contributed by atoms with E-state index in [9.17, 15) is 8.42 Å². The zero-order valence-electron chi connectivity index (χ0n) is 11.1. The van der Waals surface area contributed by atoms with Crippen molar-refractivity contribution >= 4 is 20.8 Å². The fourth-order valence-corrected chi connectivity index (χ4v) is 3.99. The molecule has 0 unspecified atom stereocenters. The summed E-state index contributed by atoms with van der Waals surface area (Å²) in [5.74, 6) is 0. The summed E-state index contributed by atoms with van der Waals surface area (Å²) in [5, 5.41) is 1.82. The van der Waals surface area contributed by atoms with Crippen LogP contribution in [-0.2, 0) is 10.0 Å². The van der Waals surface area contributed by atoms with Crippen LogP contribution in [0.4, 0.5) is 0 Å². The predicted octanol–water partition coefficient (Wildman–Crippen LogP) is 1.35. The van der Waals surface area contributed by atoms with Gasteiger partial charge in [-0.3, -0.25) is 4.98 Å². The van der Waals surface area contributed by atoms with Crippen LogP contribution in [0.25, 0.3) is 10.8 Å². The molecule has 1 fully saturated rings. The number of hydrogen-bond acceptors (Lipinski definition) is 4. The van der Waals surface area contributed by atoms with Crippen molar-refractivity contribution in [2.75, 3.05) is 13.1 Å². The minimum Gasteiger partial charge on any atom is -0.328 e. The van der Waals surface area contributed by atoms with Crippen molar-refractivity contribution in [3.63, 3.8) is 0 Å². The minimum atomic E-state index is -3.42. The number of sulfonamides is 1. The lowest BCUT2D eigenvalue weighted by Gasteiger charge is -2.29. The topological polar surface area (TPSA) is 76.3 Å². The van der Waals surface area contributed by atoms with Crippen molar-refractivity contribution in [3.8, 4) is 0 Å². The van der Waals surface area contributed by atoms with Crippen LogP contribution in [-0.4, -0.2) is 36.8 Å². The van der Waals surface area contributed by atoms with Crippen LogP contribution in [0.3, 0.4) is 0 Å². The highest BCUT2D eigenvalue weighted by Gasteiger charge is 2.28. The Balaban J connectivity index is 1.96. The van der Waals surface area contributed by atoms with E-state index in [1.165, 1.54) is 4.31 Å². The van der Waals surface area contributed by atoms with E-state index < -0.39 is 10.0 Å². The van der Waals surface area contributed by atoms with Crippen LogP contribution in [0.2, 0.25) is 0 Å². The van der Waals surface area contributed by atoms with Gasteiger partial charge in [-0.1, -0.05) is 6.07 Å². The van der Waals surface area contributed by atoms with Gasteiger partial charge in [0, 0.05) is 36.9 Å². The zero-order chi connectivity index (χ0) is 14.2. The third-order valence-corrected chi connectivity index (χ3v) is 5.64. The molecule has 2 aromatic rings. The molecule has 5 nitrogen and oxygen atoms in total. The van der Waals surface area contributed by atoms with Gasteiger partial charge in [-0.05, 0) is 36.4 Å². The second-order valence-corrected chi connectivity index (χ2v) is 7.06. The van der Waals surface area contributed by atoms with Crippen molar-refractivity contribution in [1.29, 1.82) is 0 Å². The lowest BCUT2D eigenvalue weighted by atomic mass is 10.1. The summed E-state index contributed by atoms with van der Waals surface area (Å²) in [6.07, 6.45) is 4.83. The predicted molar refractivity (Wildman–Crippen MR) is 77.7 cm³/mol. The summed E-state index contributed by atoms with van der Waals surface area (Å²) in [5.41, 5.74) is 5.82. The molecule has 6 heteroatoms. The van der Waals surface area contributed by atoms with Gasteiger partial charge in [0.1, 0.15) is 0 Å². The van der Waals surface area contributed by atoms with Gasteiger partial charge >= 0.3 is 0 Å². The summed E-state index contributed by atoms with van der Waals surface area (Å²) >= 11 is 0. The average Bonchev–Trinajstić information content (AvgIpc) is 2.47. The van der Waals surface area contributed by atoms with E-state index in [0.29, 0.717) is 18.0 Å². The molecular weight excluding hydrogens is 274 g/mol. The number of nitrogens with zero attached hydrogens (tertiary/aromatic N) is 2. The molecule has 0 spiro atoms. The first-order valence-corrected chi connectivity index (χ1v) is 8.11. The molecular formula is C14H17N3O2S. The molecule has 1 aromatic carbocycles. The van der Waals surface area contributed by atoms with Gasteiger partial charge < -0.3 is 5.73 Å². The van der Waals surface area contributed by atoms with Crippen LogP contribution in [0.5, 0.6) is 0 Å². The molecule has 0 saturated carbocycles. The second kappa shape index (κ2) is 5.12. The van der Waals surface area contributed by atoms with E-state index in [2.05, 4.69) is 4.98 Å². The Hall–Kier alpha value is -1.50. The van der Waals surface area contributed by atoms with Gasteiger partial charge in [0.05, 0.1) is 4.90 Å². The average molecular weight is 291 g/mol. The quantitative estimate of drug-likeness (QED) is 0.906. The third-order valence-electron chi connectivity index (χ3n) is 3.75. The molecule has 1 aromatic heterocycles. The minimum absolute atomic E-state index is 0.115. The molecule has 0 amide bonds. The Labute approximate surface area is 118 Å². The van der Waals surface area contributed by atoms with Gasteiger partial charge in [-0.2, -0.15) is 4.31 Å². The largest absolute Gasteiger partial charge is 0.328 e. The zero-order valence-corrected chi connectivity index (χ0v) is 11.9. The maximum atomic E-state index is 12.6. The van der Waals surface area contributed by atoms with Gasteiger partial charge in [-0.25, -0.2) is 8.42 Å². The maximum Gasteiger partial charge on any atom is 0.243 e. The fraction of sp³-hybridized carbons (Fsp3) is 0.357. The molecule has 3 rings (SSSR count). The Morgan fingerprint density at radius 2 is 1.90 bits per heavy atom. The molecule has 0 atom stereocenters. The van der Waals surface area contributed by atoms with Gasteiger partial charge in [0.25, 0.3) is 0 Å². The highest BCUT2D eigenvalue weighted by molar-refractivity contribution is 7.89. The number of hydrogen-bond donors (Lipinski definition) is 1. The monoisotopic (exact) mass is 291 g/mol. The lowest BCUT2D eigenvalue weighted by molar-refractivity contribution is 0.320. The first kappa shape index (κ1) is 13.5. The van der Waals surface area contributed by atoms with Crippen LogP contribution in [0.15, 0.2) is 41.6 Å². The van der Waals surface area contributed by atoms with Crippen LogP contribution in [0, 0.1) is 0 Å². The summed E-state index contributed by atoms with van der Waals surface area (Å²) in [7, 11) is -3.42. The molecule has 0 radical (unpaired) electrons. The highest BCUT2D eigenvalue weighted by Crippen LogP contribution is 2.23. The number of aromatic nitrogens is 1. The smallest absolute Gasteiger partial charge is 0.243 e. The Bertz CT molecular complexity index is 722. The Kier molecular flexibility index (Phi) is 3.45. The summed E-state index contributed by atoms with van der Waals surface area (Å²) in [4.78, 5) is 4.37. The van der Waals surface area contributed by atoms with E-state index >= 15 is 0 Å². The molecule has 106 valence electrons. The molecule has 1 aliphatic rings. The Morgan fingerprint density at radius 3 is 2.65 bits per heavy atom. The standard InChI is InChI=1S/C14H17N3O2S/c15-13-4-7-17(8-5-13)20(18,19)14-2-1-12-10-16-6-3-11(12)9-14/h1-3,6,9-10,13H,4-5,7-8,15H2. The first-order valence-electron chi connectivity index (χ1n) is 6.67. The molecule has 0 bridgehead atoms. The van der Waals surface area contributed by atoms with Crippen molar-refractivity contribution in [2.45, 2.75) is 23.8 Å². The van der Waals surface area contributed by atoms with E-state index in [0.717, 1.165) is 23.6 Å². The molecule has 2 N–H and O–H groups in total. The number of rotatable bonds is 2. The normalized spacial score (nSPS) is 18.4. The van der Waals surface area contributed by atoms with Gasteiger partial charge in [-0.15, -0.1) is 0 Å². The third kappa shape index (κ3) is 2.42. The van der Waals surface area contributed by atoms with Crippen molar-refractivity contribution in [1.82, 2.24) is 9.29 Å². The van der Waals surface area contributed by atoms with Crippen LogP contribution < -0.4 is 5.73 Å². The lowest BCUT2D eigenvalue weighted by Crippen LogP contribution is -2.42. The maximum absolute atomic E-state index is 12.6. The molecule has 1 saturated heterocycles. The van der Waals surface area contributed by atoms with Crippen molar-refractivity contribution in [2.24, 2.45) is 5.73 Å². The van der Waals surface area contributed by atoms with E-state index in [4.69, 9.17) is 5.73 Å². The van der Waals surface area contributed by atoms with Crippen molar-refractivity contribution in [3.05, 3.63) is 36.7 Å². The molecule has 20 heavy (non-hydrogen) atoms. The second-order valence-electron chi connectivity index (χ2n) is 5.13. The van der Waals surface area contributed by atoms with Crippen molar-refractivity contribution < 1.29 is 8.42 Å². The number of benzene rings is 1. The van der Waals surface area contributed by atoms with Crippen LogP contribution >= 0.6 is 0 Å². The SMILES string of the molecule is NC1CCN(S(=O)(=O)c2ccc3cnccc3c2)CC1. The van der Waals surface area contributed by atoms with Crippen LogP contribution in [0.1, 0.15) is 12.8 Å². The van der Waals surface area contributed by atoms with E-state index in [-0.39, 0.29) is 6.04 Å². The summed E-state index contributed by atoms with van der Waals surface area (Å²) in [6.45, 7) is 0.996. The van der Waals surface area contributed by atoms with E-state index in [1.54, 1.807) is 30.6 Å². The highest BCUT2D eigenvalue weighted by atomic mass is 32.2. The number of nitrogens with two attached hydrogens (primary N) is 1. The van der Waals surface area contributed by atoms with Gasteiger partial charge in [0.15, 0.2) is 0 Å². The molecule has 0 aliphatic carbocycles. The molecule has 2 heterocycles. The fourth-order valence-electron chi connectivity index (χ4n) is 2.49. The molecule has 1 aliphatic heterocycles. The first-order chi connectivity index (χ1) is 9.57. The summed E-state index contributed by atoms with van der Waals surface area (Å²) in [6, 6.07) is 7.09. The summed E-state index contributed by atoms with van der Waals surface area (Å²) < 4.78 is 26.7.